The smallest absolute Gasteiger partial charge is 0.339 e. The molecule has 0 unspecified atom stereocenters. The van der Waals surface area contributed by atoms with E-state index in [1.165, 1.54) is 12.1 Å². The van der Waals surface area contributed by atoms with Crippen LogP contribution in [0.25, 0.3) is 21.7 Å². The van der Waals surface area contributed by atoms with E-state index in [1.807, 2.05) is 43.5 Å². The summed E-state index contributed by atoms with van der Waals surface area (Å²) in [6, 6.07) is 19.3. The summed E-state index contributed by atoms with van der Waals surface area (Å²) >= 11 is 0. The van der Waals surface area contributed by atoms with Gasteiger partial charge in [-0.2, -0.15) is 13.0 Å². The second-order valence-corrected chi connectivity index (χ2v) is 8.15. The fourth-order valence-electron chi connectivity index (χ4n) is 3.32. The third-order valence-electron chi connectivity index (χ3n) is 4.67. The summed E-state index contributed by atoms with van der Waals surface area (Å²) in [5, 5.41) is 2.37. The summed E-state index contributed by atoms with van der Waals surface area (Å²) in [6.45, 7) is 1.54. The highest BCUT2D eigenvalue weighted by Crippen LogP contribution is 2.32. The minimum absolute atomic E-state index is 0.0898. The quantitative estimate of drug-likeness (QED) is 0.287. The van der Waals surface area contributed by atoms with Crippen molar-refractivity contribution in [2.24, 2.45) is 0 Å². The van der Waals surface area contributed by atoms with Crippen LogP contribution in [-0.2, 0) is 16.7 Å². The van der Waals surface area contributed by atoms with Crippen molar-refractivity contribution < 1.29 is 21.6 Å². The summed E-state index contributed by atoms with van der Waals surface area (Å²) in [7, 11) is -4.00. The van der Waals surface area contributed by atoms with Gasteiger partial charge < -0.3 is 4.18 Å². The third-order valence-corrected chi connectivity index (χ3v) is 5.92. The molecule has 142 valence electrons. The number of aromatic nitrogens is 1. The van der Waals surface area contributed by atoms with Gasteiger partial charge in [0.1, 0.15) is 11.6 Å². The lowest BCUT2D eigenvalue weighted by atomic mass is 10.1. The van der Waals surface area contributed by atoms with E-state index in [0.717, 1.165) is 16.3 Å². The lowest BCUT2D eigenvalue weighted by Crippen LogP contribution is -2.35. The fourth-order valence-corrected chi connectivity index (χ4v) is 4.26. The zero-order chi connectivity index (χ0) is 19.7. The summed E-state index contributed by atoms with van der Waals surface area (Å²) in [5.41, 5.74) is 1.68. The molecule has 4 aromatic rings. The molecule has 0 atom stereocenters. The Morgan fingerprint density at radius 2 is 1.71 bits per heavy atom. The summed E-state index contributed by atoms with van der Waals surface area (Å²) in [5.74, 6) is 0.225. The van der Waals surface area contributed by atoms with Gasteiger partial charge in [0.25, 0.3) is 0 Å². The molecule has 0 saturated carbocycles. The minimum atomic E-state index is -4.00. The molecule has 1 heterocycles. The standard InChI is InChI=1S/C22H19FNO3S/c1-16-9-11-18(12-10-16)28(25,26)27-21-8-4-7-20-22(21)19-6-3-2-5-17(19)15-24(20)14-13-23/h2-12,15H,13-14H2,1H3/q+1. The molecular weight excluding hydrogens is 377 g/mol. The molecule has 28 heavy (non-hydrogen) atoms. The number of hydrogen-bond acceptors (Lipinski definition) is 3. The molecule has 0 spiro atoms. The number of pyridine rings is 1. The molecule has 4 nitrogen and oxygen atoms in total. The predicted molar refractivity (Wildman–Crippen MR) is 107 cm³/mol. The van der Waals surface area contributed by atoms with Gasteiger partial charge in [0.15, 0.2) is 18.5 Å². The topological polar surface area (TPSA) is 47.3 Å². The average molecular weight is 396 g/mol. The highest BCUT2D eigenvalue weighted by Gasteiger charge is 2.22. The zero-order valence-electron chi connectivity index (χ0n) is 15.3. The van der Waals surface area contributed by atoms with Crippen molar-refractivity contribution in [2.45, 2.75) is 18.4 Å². The van der Waals surface area contributed by atoms with E-state index in [2.05, 4.69) is 0 Å². The number of nitrogens with zero attached hydrogens (tertiary/aromatic N) is 1. The van der Waals surface area contributed by atoms with Crippen LogP contribution in [0.5, 0.6) is 5.75 Å². The van der Waals surface area contributed by atoms with E-state index in [4.69, 9.17) is 4.18 Å². The molecule has 0 fully saturated rings. The van der Waals surface area contributed by atoms with Crippen LogP contribution in [0.3, 0.4) is 0 Å². The summed E-state index contributed by atoms with van der Waals surface area (Å²) < 4.78 is 46.0. The van der Waals surface area contributed by atoms with Gasteiger partial charge >= 0.3 is 10.1 Å². The maximum absolute atomic E-state index is 13.1. The average Bonchev–Trinajstić information content (AvgIpc) is 2.68. The van der Waals surface area contributed by atoms with Gasteiger partial charge in [0.05, 0.1) is 5.39 Å². The number of aryl methyl sites for hydroxylation is 2. The molecule has 0 saturated heterocycles. The van der Waals surface area contributed by atoms with E-state index in [0.29, 0.717) is 10.9 Å². The number of benzene rings is 3. The molecule has 0 aliphatic carbocycles. The number of fused-ring (bicyclic) bond motifs is 3. The van der Waals surface area contributed by atoms with Crippen molar-refractivity contribution in [1.82, 2.24) is 0 Å². The van der Waals surface area contributed by atoms with Crippen molar-refractivity contribution in [2.75, 3.05) is 6.67 Å². The van der Waals surface area contributed by atoms with Crippen LogP contribution in [0, 0.1) is 6.92 Å². The van der Waals surface area contributed by atoms with Crippen LogP contribution < -0.4 is 8.75 Å². The van der Waals surface area contributed by atoms with Crippen molar-refractivity contribution in [3.05, 3.63) is 78.5 Å². The fraction of sp³-hybridized carbons (Fsp3) is 0.136. The van der Waals surface area contributed by atoms with Crippen LogP contribution in [0.1, 0.15) is 5.56 Å². The highest BCUT2D eigenvalue weighted by atomic mass is 32.2. The Kier molecular flexibility index (Phi) is 4.73. The van der Waals surface area contributed by atoms with Crippen LogP contribution in [0.2, 0.25) is 0 Å². The van der Waals surface area contributed by atoms with Gasteiger partial charge in [-0.05, 0) is 31.2 Å². The van der Waals surface area contributed by atoms with Gasteiger partial charge in [-0.3, -0.25) is 0 Å². The van der Waals surface area contributed by atoms with Crippen molar-refractivity contribution in [3.8, 4) is 5.75 Å². The number of halogens is 1. The van der Waals surface area contributed by atoms with Crippen LogP contribution in [-0.4, -0.2) is 15.1 Å². The molecular formula is C22H19FNO3S+. The van der Waals surface area contributed by atoms with E-state index >= 15 is 0 Å². The SMILES string of the molecule is Cc1ccc(S(=O)(=O)Oc2cccc3c2c2ccccc2c[n+]3CCF)cc1. The van der Waals surface area contributed by atoms with Gasteiger partial charge in [-0.25, -0.2) is 4.39 Å². The van der Waals surface area contributed by atoms with E-state index in [-0.39, 0.29) is 17.2 Å². The molecule has 0 radical (unpaired) electrons. The lowest BCUT2D eigenvalue weighted by Gasteiger charge is -2.11. The van der Waals surface area contributed by atoms with Gasteiger partial charge in [0.2, 0.25) is 5.52 Å². The van der Waals surface area contributed by atoms with Crippen LogP contribution in [0.15, 0.2) is 77.8 Å². The first-order chi connectivity index (χ1) is 13.5. The first kappa shape index (κ1) is 18.4. The Labute approximate surface area is 162 Å². The molecule has 0 N–H and O–H groups in total. The molecule has 0 aliphatic heterocycles. The molecule has 0 amide bonds. The monoisotopic (exact) mass is 396 g/mol. The second kappa shape index (κ2) is 7.20. The predicted octanol–water partition coefficient (Wildman–Crippen LogP) is 4.33. The lowest BCUT2D eigenvalue weighted by molar-refractivity contribution is -0.670. The maximum Gasteiger partial charge on any atom is 0.339 e. The highest BCUT2D eigenvalue weighted by molar-refractivity contribution is 7.87. The third kappa shape index (κ3) is 3.31. The van der Waals surface area contributed by atoms with Crippen LogP contribution in [0.4, 0.5) is 4.39 Å². The van der Waals surface area contributed by atoms with Gasteiger partial charge in [0, 0.05) is 16.8 Å². The normalized spacial score (nSPS) is 11.8. The number of rotatable bonds is 5. The molecule has 4 rings (SSSR count). The van der Waals surface area contributed by atoms with E-state index in [1.54, 1.807) is 28.8 Å². The molecule has 3 aromatic carbocycles. The largest absolute Gasteiger partial charge is 0.378 e. The van der Waals surface area contributed by atoms with Gasteiger partial charge in [-0.15, -0.1) is 0 Å². The molecule has 0 aliphatic rings. The van der Waals surface area contributed by atoms with Crippen molar-refractivity contribution in [1.29, 1.82) is 0 Å². The molecule has 6 heteroatoms. The minimum Gasteiger partial charge on any atom is -0.378 e. The second-order valence-electron chi connectivity index (χ2n) is 6.60. The van der Waals surface area contributed by atoms with Crippen molar-refractivity contribution >= 4 is 31.8 Å². The summed E-state index contributed by atoms with van der Waals surface area (Å²) in [6.07, 6.45) is 1.87. The van der Waals surface area contributed by atoms with E-state index < -0.39 is 16.8 Å². The Bertz CT molecular complexity index is 1270. The Morgan fingerprint density at radius 1 is 0.964 bits per heavy atom. The van der Waals surface area contributed by atoms with Crippen LogP contribution >= 0.6 is 0 Å². The van der Waals surface area contributed by atoms with E-state index in [9.17, 15) is 12.8 Å². The van der Waals surface area contributed by atoms with Crippen molar-refractivity contribution in [3.63, 3.8) is 0 Å². The molecule has 0 bridgehead atoms. The summed E-state index contributed by atoms with van der Waals surface area (Å²) in [4.78, 5) is 0.0898. The Morgan fingerprint density at radius 3 is 2.46 bits per heavy atom. The first-order valence-corrected chi connectivity index (χ1v) is 10.3. The van der Waals surface area contributed by atoms with Gasteiger partial charge in [-0.1, -0.05) is 42.0 Å². The number of hydrogen-bond donors (Lipinski definition) is 0. The Hall–Kier alpha value is -2.99. The maximum atomic E-state index is 13.1. The Balaban J connectivity index is 1.93. The first-order valence-electron chi connectivity index (χ1n) is 8.90. The zero-order valence-corrected chi connectivity index (χ0v) is 16.1. The number of alkyl halides is 1. The molecule has 1 aromatic heterocycles.